The molecule has 1 atom stereocenters. The van der Waals surface area contributed by atoms with Gasteiger partial charge in [-0.15, -0.1) is 11.6 Å². The molecule has 0 spiro atoms. The third-order valence-corrected chi connectivity index (χ3v) is 2.69. The van der Waals surface area contributed by atoms with E-state index in [2.05, 4.69) is 24.8 Å². The Morgan fingerprint density at radius 2 is 2.36 bits per heavy atom. The van der Waals surface area contributed by atoms with Gasteiger partial charge in [0.25, 0.3) is 0 Å². The average Bonchev–Trinajstić information content (AvgIpc) is 2.19. The molecular weight excluding hydrogens is 194 g/mol. The lowest BCUT2D eigenvalue weighted by Crippen LogP contribution is -2.21. The molecule has 0 aromatic carbocycles. The molecule has 0 saturated carbocycles. The number of halogens is 1. The van der Waals surface area contributed by atoms with Crippen molar-refractivity contribution in [2.75, 3.05) is 5.88 Å². The van der Waals surface area contributed by atoms with E-state index in [1.54, 1.807) is 0 Å². The van der Waals surface area contributed by atoms with Crippen LogP contribution in [-0.2, 0) is 0 Å². The second-order valence-corrected chi connectivity index (χ2v) is 4.08. The highest BCUT2D eigenvalue weighted by Gasteiger charge is 2.07. The highest BCUT2D eigenvalue weighted by atomic mass is 35.5. The standard InChI is InChI=1S/C12H18ClN/c1-10(9-13)7-12(14)8-11-5-3-2-4-6-11/h3,5-6,12H,1-2,4,7-9,14H2. The van der Waals surface area contributed by atoms with Gasteiger partial charge in [0.05, 0.1) is 0 Å². The maximum Gasteiger partial charge on any atom is 0.0431 e. The lowest BCUT2D eigenvalue weighted by Gasteiger charge is -2.14. The van der Waals surface area contributed by atoms with Crippen molar-refractivity contribution in [2.45, 2.75) is 31.7 Å². The van der Waals surface area contributed by atoms with Crippen molar-refractivity contribution < 1.29 is 0 Å². The van der Waals surface area contributed by atoms with E-state index in [-0.39, 0.29) is 6.04 Å². The van der Waals surface area contributed by atoms with Gasteiger partial charge in [-0.2, -0.15) is 0 Å². The highest BCUT2D eigenvalue weighted by molar-refractivity contribution is 6.19. The Balaban J connectivity index is 2.32. The van der Waals surface area contributed by atoms with Crippen LogP contribution in [0.1, 0.15) is 25.7 Å². The van der Waals surface area contributed by atoms with Crippen LogP contribution in [0.5, 0.6) is 0 Å². The Labute approximate surface area is 91.3 Å². The third kappa shape index (κ3) is 4.12. The maximum atomic E-state index is 5.99. The van der Waals surface area contributed by atoms with Gasteiger partial charge in [0.2, 0.25) is 0 Å². The van der Waals surface area contributed by atoms with Gasteiger partial charge in [-0.05, 0) is 25.7 Å². The number of hydrogen-bond donors (Lipinski definition) is 1. The average molecular weight is 212 g/mol. The summed E-state index contributed by atoms with van der Waals surface area (Å²) in [4.78, 5) is 0. The van der Waals surface area contributed by atoms with Gasteiger partial charge in [-0.25, -0.2) is 0 Å². The number of nitrogens with two attached hydrogens (primary N) is 1. The van der Waals surface area contributed by atoms with E-state index in [9.17, 15) is 0 Å². The van der Waals surface area contributed by atoms with Crippen LogP contribution in [0.2, 0.25) is 0 Å². The Hall–Kier alpha value is -0.530. The molecule has 0 saturated heterocycles. The van der Waals surface area contributed by atoms with Crippen molar-refractivity contribution >= 4 is 11.6 Å². The summed E-state index contributed by atoms with van der Waals surface area (Å²) in [7, 11) is 0. The summed E-state index contributed by atoms with van der Waals surface area (Å²) in [5, 5.41) is 0. The summed E-state index contributed by atoms with van der Waals surface area (Å²) in [6.07, 6.45) is 10.7. The van der Waals surface area contributed by atoms with Crippen molar-refractivity contribution in [1.29, 1.82) is 0 Å². The molecule has 1 aliphatic rings. The molecule has 1 aliphatic carbocycles. The summed E-state index contributed by atoms with van der Waals surface area (Å²) in [6, 6.07) is 0.162. The molecular formula is C12H18ClN. The fourth-order valence-electron chi connectivity index (χ4n) is 1.62. The summed E-state index contributed by atoms with van der Waals surface area (Å²) in [5.74, 6) is 0.516. The topological polar surface area (TPSA) is 26.0 Å². The Bertz CT molecular complexity index is 253. The minimum Gasteiger partial charge on any atom is -0.327 e. The van der Waals surface area contributed by atoms with E-state index in [0.717, 1.165) is 31.3 Å². The zero-order valence-corrected chi connectivity index (χ0v) is 9.26. The second-order valence-electron chi connectivity index (χ2n) is 3.81. The van der Waals surface area contributed by atoms with Gasteiger partial charge in [-0.1, -0.05) is 36.0 Å². The summed E-state index contributed by atoms with van der Waals surface area (Å²) >= 11 is 5.66. The van der Waals surface area contributed by atoms with Crippen LogP contribution in [0.3, 0.4) is 0 Å². The van der Waals surface area contributed by atoms with E-state index in [4.69, 9.17) is 17.3 Å². The summed E-state index contributed by atoms with van der Waals surface area (Å²) < 4.78 is 0. The predicted molar refractivity (Wildman–Crippen MR) is 63.5 cm³/mol. The van der Waals surface area contributed by atoms with Gasteiger partial charge in [0.15, 0.2) is 0 Å². The molecule has 0 radical (unpaired) electrons. The largest absolute Gasteiger partial charge is 0.327 e. The number of allylic oxidation sites excluding steroid dienone is 3. The molecule has 1 rings (SSSR count). The van der Waals surface area contributed by atoms with Crippen LogP contribution in [0.15, 0.2) is 36.0 Å². The number of hydrogen-bond acceptors (Lipinski definition) is 1. The zero-order chi connectivity index (χ0) is 10.4. The molecule has 0 aromatic heterocycles. The van der Waals surface area contributed by atoms with Gasteiger partial charge >= 0.3 is 0 Å². The molecule has 78 valence electrons. The van der Waals surface area contributed by atoms with Crippen LogP contribution in [-0.4, -0.2) is 11.9 Å². The molecule has 0 aliphatic heterocycles. The predicted octanol–water partition coefficient (Wildman–Crippen LogP) is 3.17. The van der Waals surface area contributed by atoms with Crippen molar-refractivity contribution in [3.05, 3.63) is 36.0 Å². The van der Waals surface area contributed by atoms with E-state index >= 15 is 0 Å². The van der Waals surface area contributed by atoms with Crippen LogP contribution in [0.4, 0.5) is 0 Å². The molecule has 0 amide bonds. The van der Waals surface area contributed by atoms with Gasteiger partial charge in [0, 0.05) is 11.9 Å². The van der Waals surface area contributed by atoms with Gasteiger partial charge in [-0.3, -0.25) is 0 Å². The fraction of sp³-hybridized carbons (Fsp3) is 0.500. The van der Waals surface area contributed by atoms with E-state index < -0.39 is 0 Å². The smallest absolute Gasteiger partial charge is 0.0431 e. The van der Waals surface area contributed by atoms with E-state index in [0.29, 0.717) is 5.88 Å². The Morgan fingerprint density at radius 3 is 2.93 bits per heavy atom. The molecule has 0 bridgehead atoms. The zero-order valence-electron chi connectivity index (χ0n) is 8.51. The summed E-state index contributed by atoms with van der Waals surface area (Å²) in [6.45, 7) is 3.86. The molecule has 2 heteroatoms. The first-order chi connectivity index (χ1) is 6.72. The number of rotatable bonds is 5. The Morgan fingerprint density at radius 1 is 1.57 bits per heavy atom. The molecule has 2 N–H and O–H groups in total. The van der Waals surface area contributed by atoms with Crippen LogP contribution < -0.4 is 5.73 Å². The first-order valence-electron chi connectivity index (χ1n) is 5.06. The molecule has 0 heterocycles. The molecule has 0 aromatic rings. The minimum atomic E-state index is 0.162. The first kappa shape index (κ1) is 11.5. The van der Waals surface area contributed by atoms with Gasteiger partial charge < -0.3 is 5.73 Å². The molecule has 14 heavy (non-hydrogen) atoms. The minimum absolute atomic E-state index is 0.162. The lowest BCUT2D eigenvalue weighted by atomic mass is 9.97. The van der Waals surface area contributed by atoms with Crippen LogP contribution in [0.25, 0.3) is 0 Å². The molecule has 1 unspecified atom stereocenters. The quantitative estimate of drug-likeness (QED) is 0.549. The lowest BCUT2D eigenvalue weighted by molar-refractivity contribution is 0.661. The Kier molecular flexibility index (Phi) is 4.99. The van der Waals surface area contributed by atoms with Crippen molar-refractivity contribution in [1.82, 2.24) is 0 Å². The SMILES string of the molecule is C=C(CCl)CC(N)CC1=CCCC=C1. The highest BCUT2D eigenvalue weighted by Crippen LogP contribution is 2.17. The van der Waals surface area contributed by atoms with E-state index in [1.165, 1.54) is 5.57 Å². The van der Waals surface area contributed by atoms with Crippen molar-refractivity contribution in [3.63, 3.8) is 0 Å². The molecule has 0 fully saturated rings. The first-order valence-corrected chi connectivity index (χ1v) is 5.59. The van der Waals surface area contributed by atoms with Crippen LogP contribution in [0, 0.1) is 0 Å². The van der Waals surface area contributed by atoms with Crippen LogP contribution >= 0.6 is 11.6 Å². The van der Waals surface area contributed by atoms with Crippen molar-refractivity contribution in [2.24, 2.45) is 5.73 Å². The monoisotopic (exact) mass is 211 g/mol. The normalized spacial score (nSPS) is 17.7. The van der Waals surface area contributed by atoms with Crippen molar-refractivity contribution in [3.8, 4) is 0 Å². The molecule has 1 nitrogen and oxygen atoms in total. The number of alkyl halides is 1. The third-order valence-electron chi connectivity index (χ3n) is 2.31. The maximum absolute atomic E-state index is 5.99. The van der Waals surface area contributed by atoms with Gasteiger partial charge in [0.1, 0.15) is 0 Å². The fourth-order valence-corrected chi connectivity index (χ4v) is 1.73. The summed E-state index contributed by atoms with van der Waals surface area (Å²) in [5.41, 5.74) is 8.37. The second kappa shape index (κ2) is 6.05. The van der Waals surface area contributed by atoms with E-state index in [1.807, 2.05) is 0 Å².